The van der Waals surface area contributed by atoms with Gasteiger partial charge in [-0.15, -0.1) is 11.3 Å². The fourth-order valence-electron chi connectivity index (χ4n) is 3.72. The first-order valence-electron chi connectivity index (χ1n) is 10.4. The highest BCUT2D eigenvalue weighted by Gasteiger charge is 2.34. The number of rotatable bonds is 6. The van der Waals surface area contributed by atoms with Gasteiger partial charge in [0.05, 0.1) is 17.1 Å². The van der Waals surface area contributed by atoms with Gasteiger partial charge >= 0.3 is 5.97 Å². The highest BCUT2D eigenvalue weighted by atomic mass is 32.2. The molecule has 6 nitrogen and oxygen atoms in total. The van der Waals surface area contributed by atoms with E-state index in [1.807, 2.05) is 30.3 Å². The lowest BCUT2D eigenvalue weighted by Gasteiger charge is -2.14. The van der Waals surface area contributed by atoms with Gasteiger partial charge in [0.15, 0.2) is 0 Å². The molecule has 2 aliphatic rings. The molecule has 0 unspecified atom stereocenters. The summed E-state index contributed by atoms with van der Waals surface area (Å²) < 4.78 is 5.57. The van der Waals surface area contributed by atoms with Gasteiger partial charge in [0.1, 0.15) is 15.9 Å². The van der Waals surface area contributed by atoms with Crippen molar-refractivity contribution in [3.05, 3.63) is 56.8 Å². The van der Waals surface area contributed by atoms with Crippen LogP contribution in [-0.4, -0.2) is 40.2 Å². The van der Waals surface area contributed by atoms with Crippen molar-refractivity contribution in [1.29, 1.82) is 0 Å². The number of esters is 1. The Labute approximate surface area is 200 Å². The van der Waals surface area contributed by atoms with Gasteiger partial charge in [-0.25, -0.2) is 4.79 Å². The molecule has 2 amide bonds. The number of thiophene rings is 1. The number of hydrogen-bond donors (Lipinski definition) is 1. The molecule has 1 aromatic carbocycles. The van der Waals surface area contributed by atoms with Crippen molar-refractivity contribution >= 4 is 68.5 Å². The SMILES string of the molecule is CCOC(=O)c1c(NC(=O)CN2C(=O)/C(=C\c3ccccc3)SC2=S)sc2c1CCCC2. The fourth-order valence-corrected chi connectivity index (χ4v) is 6.27. The van der Waals surface area contributed by atoms with Crippen LogP contribution in [0.5, 0.6) is 0 Å². The molecule has 4 rings (SSSR count). The number of hydrogen-bond acceptors (Lipinski definition) is 7. The summed E-state index contributed by atoms with van der Waals surface area (Å²) in [6, 6.07) is 9.48. The van der Waals surface area contributed by atoms with E-state index in [0.717, 1.165) is 41.7 Å². The Morgan fingerprint density at radius 1 is 1.22 bits per heavy atom. The molecule has 2 heterocycles. The highest BCUT2D eigenvalue weighted by molar-refractivity contribution is 8.26. The minimum atomic E-state index is -0.418. The number of ether oxygens (including phenoxy) is 1. The number of thioether (sulfide) groups is 1. The second-order valence-electron chi connectivity index (χ2n) is 7.36. The van der Waals surface area contributed by atoms with Crippen molar-refractivity contribution in [2.24, 2.45) is 0 Å². The Kier molecular flexibility index (Phi) is 7.07. The van der Waals surface area contributed by atoms with Gasteiger partial charge in [-0.05, 0) is 49.8 Å². The molecule has 32 heavy (non-hydrogen) atoms. The van der Waals surface area contributed by atoms with E-state index in [1.165, 1.54) is 28.0 Å². The molecule has 0 spiro atoms. The first kappa shape index (κ1) is 22.7. The van der Waals surface area contributed by atoms with Crippen molar-refractivity contribution in [2.75, 3.05) is 18.5 Å². The summed E-state index contributed by atoms with van der Waals surface area (Å²) in [5.74, 6) is -1.11. The second-order valence-corrected chi connectivity index (χ2v) is 10.1. The fraction of sp³-hybridized carbons (Fsp3) is 0.304. The Hall–Kier alpha value is -2.49. The topological polar surface area (TPSA) is 75.7 Å². The smallest absolute Gasteiger partial charge is 0.341 e. The number of nitrogens with zero attached hydrogens (tertiary/aromatic N) is 1. The van der Waals surface area contributed by atoms with Crippen molar-refractivity contribution in [3.63, 3.8) is 0 Å². The van der Waals surface area contributed by atoms with Gasteiger partial charge in [-0.1, -0.05) is 54.3 Å². The lowest BCUT2D eigenvalue weighted by Crippen LogP contribution is -2.36. The van der Waals surface area contributed by atoms with E-state index in [0.29, 0.717) is 19.8 Å². The molecule has 0 saturated carbocycles. The number of nitrogens with one attached hydrogen (secondary N) is 1. The van der Waals surface area contributed by atoms with E-state index in [2.05, 4.69) is 5.32 Å². The maximum atomic E-state index is 12.8. The molecule has 1 aliphatic heterocycles. The van der Waals surface area contributed by atoms with Gasteiger partial charge in [0.25, 0.3) is 5.91 Å². The molecule has 1 fully saturated rings. The second kappa shape index (κ2) is 9.97. The summed E-state index contributed by atoms with van der Waals surface area (Å²) in [5.41, 5.74) is 2.32. The standard InChI is InChI=1S/C23H22N2O4S3/c1-2-29-22(28)19-15-10-6-7-11-16(15)31-20(19)24-18(26)13-25-21(27)17(32-23(25)30)12-14-8-4-3-5-9-14/h3-5,8-9,12H,2,6-7,10-11,13H2,1H3,(H,24,26)/b17-12+. The van der Waals surface area contributed by atoms with E-state index in [1.54, 1.807) is 13.0 Å². The predicted molar refractivity (Wildman–Crippen MR) is 132 cm³/mol. The number of amides is 2. The largest absolute Gasteiger partial charge is 0.462 e. The maximum absolute atomic E-state index is 12.8. The van der Waals surface area contributed by atoms with E-state index in [9.17, 15) is 14.4 Å². The molecule has 1 N–H and O–H groups in total. The summed E-state index contributed by atoms with van der Waals surface area (Å²) in [6.07, 6.45) is 5.53. The number of carbonyl (C=O) groups is 3. The predicted octanol–water partition coefficient (Wildman–Crippen LogP) is 4.64. The van der Waals surface area contributed by atoms with Crippen LogP contribution in [0.4, 0.5) is 5.00 Å². The lowest BCUT2D eigenvalue weighted by atomic mass is 9.95. The average molecular weight is 487 g/mol. The molecule has 166 valence electrons. The van der Waals surface area contributed by atoms with Crippen LogP contribution in [0.2, 0.25) is 0 Å². The third-order valence-electron chi connectivity index (χ3n) is 5.18. The van der Waals surface area contributed by atoms with Crippen molar-refractivity contribution in [3.8, 4) is 0 Å². The van der Waals surface area contributed by atoms with Crippen LogP contribution in [0.3, 0.4) is 0 Å². The van der Waals surface area contributed by atoms with Crippen LogP contribution < -0.4 is 5.32 Å². The molecular weight excluding hydrogens is 464 g/mol. The normalized spacial score (nSPS) is 16.9. The Bertz CT molecular complexity index is 1110. The zero-order chi connectivity index (χ0) is 22.7. The summed E-state index contributed by atoms with van der Waals surface area (Å²) >= 11 is 7.94. The Morgan fingerprint density at radius 3 is 2.72 bits per heavy atom. The van der Waals surface area contributed by atoms with Crippen LogP contribution in [-0.2, 0) is 27.2 Å². The van der Waals surface area contributed by atoms with Gasteiger partial charge in [-0.3, -0.25) is 14.5 Å². The quantitative estimate of drug-likeness (QED) is 0.364. The van der Waals surface area contributed by atoms with Crippen LogP contribution >= 0.6 is 35.3 Å². The molecule has 1 aromatic heterocycles. The molecule has 0 bridgehead atoms. The van der Waals surface area contributed by atoms with E-state index in [4.69, 9.17) is 17.0 Å². The average Bonchev–Trinajstić information content (AvgIpc) is 3.26. The van der Waals surface area contributed by atoms with E-state index in [-0.39, 0.29) is 19.1 Å². The van der Waals surface area contributed by atoms with Crippen LogP contribution in [0.25, 0.3) is 6.08 Å². The minimum absolute atomic E-state index is 0.207. The molecule has 1 aliphatic carbocycles. The monoisotopic (exact) mass is 486 g/mol. The highest BCUT2D eigenvalue weighted by Crippen LogP contribution is 2.39. The summed E-state index contributed by atoms with van der Waals surface area (Å²) in [7, 11) is 0. The molecule has 9 heteroatoms. The van der Waals surface area contributed by atoms with Gasteiger partial charge in [-0.2, -0.15) is 0 Å². The first-order chi connectivity index (χ1) is 15.5. The van der Waals surface area contributed by atoms with E-state index >= 15 is 0 Å². The number of thiocarbonyl (C=S) groups is 1. The summed E-state index contributed by atoms with van der Waals surface area (Å²) in [5, 5.41) is 3.33. The minimum Gasteiger partial charge on any atom is -0.462 e. The number of aryl methyl sites for hydroxylation is 1. The lowest BCUT2D eigenvalue weighted by molar-refractivity contribution is -0.126. The number of anilines is 1. The molecular formula is C23H22N2O4S3. The third kappa shape index (κ3) is 4.79. The van der Waals surface area contributed by atoms with Crippen molar-refractivity contribution < 1.29 is 19.1 Å². The van der Waals surface area contributed by atoms with Crippen molar-refractivity contribution in [2.45, 2.75) is 32.6 Å². The van der Waals surface area contributed by atoms with Crippen LogP contribution in [0.1, 0.15) is 46.1 Å². The van der Waals surface area contributed by atoms with Gasteiger partial charge in [0, 0.05) is 4.88 Å². The van der Waals surface area contributed by atoms with Gasteiger partial charge < -0.3 is 10.1 Å². The molecule has 0 radical (unpaired) electrons. The number of carbonyl (C=O) groups excluding carboxylic acids is 3. The third-order valence-corrected chi connectivity index (χ3v) is 7.76. The van der Waals surface area contributed by atoms with E-state index < -0.39 is 11.9 Å². The maximum Gasteiger partial charge on any atom is 0.341 e. The molecule has 1 saturated heterocycles. The van der Waals surface area contributed by atoms with Gasteiger partial charge in [0.2, 0.25) is 5.91 Å². The zero-order valence-electron chi connectivity index (χ0n) is 17.5. The summed E-state index contributed by atoms with van der Waals surface area (Å²) in [6.45, 7) is 1.82. The van der Waals surface area contributed by atoms with Crippen molar-refractivity contribution in [1.82, 2.24) is 4.90 Å². The number of benzene rings is 1. The Balaban J connectivity index is 1.50. The Morgan fingerprint density at radius 2 is 1.97 bits per heavy atom. The zero-order valence-corrected chi connectivity index (χ0v) is 20.0. The molecule has 0 atom stereocenters. The van der Waals surface area contributed by atoms with Crippen LogP contribution in [0.15, 0.2) is 35.2 Å². The van der Waals surface area contributed by atoms with Crippen LogP contribution in [0, 0.1) is 0 Å². The number of fused-ring (bicyclic) bond motifs is 1. The molecule has 2 aromatic rings. The summed E-state index contributed by atoms with van der Waals surface area (Å²) in [4.78, 5) is 41.1. The first-order valence-corrected chi connectivity index (χ1v) is 12.4.